The number of amides is 1. The van der Waals surface area contributed by atoms with Gasteiger partial charge in [0.2, 0.25) is 5.91 Å². The largest absolute Gasteiger partial charge is 0.416 e. The standard InChI is InChI=1S/C14H19F3N2O/c1-9(6-13(20)19-10(2)8-18)11-4-3-5-12(7-11)14(15,16)17/h3-5,7,9-10H,6,8,18H2,1-2H3,(H,19,20)/t9?,10-/m0/s1. The minimum Gasteiger partial charge on any atom is -0.352 e. The second kappa shape index (κ2) is 6.74. The monoisotopic (exact) mass is 288 g/mol. The number of alkyl halides is 3. The number of carbonyl (C=O) groups excluding carboxylic acids is 1. The van der Waals surface area contributed by atoms with E-state index in [2.05, 4.69) is 5.32 Å². The second-order valence-electron chi connectivity index (χ2n) is 4.93. The van der Waals surface area contributed by atoms with Crippen LogP contribution in [0.15, 0.2) is 24.3 Å². The zero-order valence-corrected chi connectivity index (χ0v) is 11.5. The lowest BCUT2D eigenvalue weighted by Gasteiger charge is -2.16. The number of halogens is 3. The molecule has 0 bridgehead atoms. The molecule has 20 heavy (non-hydrogen) atoms. The predicted molar refractivity (Wildman–Crippen MR) is 71.1 cm³/mol. The second-order valence-corrected chi connectivity index (χ2v) is 4.93. The SMILES string of the molecule is CC(CC(=O)N[C@@H](C)CN)c1cccc(C(F)(F)F)c1. The van der Waals surface area contributed by atoms with E-state index < -0.39 is 11.7 Å². The van der Waals surface area contributed by atoms with E-state index in [4.69, 9.17) is 5.73 Å². The van der Waals surface area contributed by atoms with Crippen molar-refractivity contribution in [3.05, 3.63) is 35.4 Å². The van der Waals surface area contributed by atoms with Gasteiger partial charge in [0.25, 0.3) is 0 Å². The third-order valence-electron chi connectivity index (χ3n) is 3.04. The Bertz CT molecular complexity index is 460. The molecule has 1 aromatic rings. The van der Waals surface area contributed by atoms with Crippen molar-refractivity contribution in [2.24, 2.45) is 5.73 Å². The summed E-state index contributed by atoms with van der Waals surface area (Å²) in [4.78, 5) is 11.7. The molecule has 3 nitrogen and oxygen atoms in total. The number of nitrogens with one attached hydrogen (secondary N) is 1. The van der Waals surface area contributed by atoms with Crippen LogP contribution >= 0.6 is 0 Å². The predicted octanol–water partition coefficient (Wildman–Crippen LogP) is 2.66. The number of benzene rings is 1. The van der Waals surface area contributed by atoms with Gasteiger partial charge in [-0.2, -0.15) is 13.2 Å². The van der Waals surface area contributed by atoms with Crippen LogP contribution in [-0.2, 0) is 11.0 Å². The molecule has 0 aliphatic rings. The Morgan fingerprint density at radius 2 is 2.00 bits per heavy atom. The molecule has 1 unspecified atom stereocenters. The number of rotatable bonds is 5. The smallest absolute Gasteiger partial charge is 0.352 e. The number of hydrogen-bond acceptors (Lipinski definition) is 2. The minimum atomic E-state index is -4.37. The van der Waals surface area contributed by atoms with Crippen LogP contribution in [0.2, 0.25) is 0 Å². The first-order chi connectivity index (χ1) is 9.24. The topological polar surface area (TPSA) is 55.1 Å². The Morgan fingerprint density at radius 1 is 1.35 bits per heavy atom. The van der Waals surface area contributed by atoms with E-state index >= 15 is 0 Å². The molecule has 0 radical (unpaired) electrons. The zero-order valence-electron chi connectivity index (χ0n) is 11.5. The van der Waals surface area contributed by atoms with E-state index in [0.717, 1.165) is 12.1 Å². The number of carbonyl (C=O) groups is 1. The van der Waals surface area contributed by atoms with E-state index in [0.29, 0.717) is 12.1 Å². The Hall–Kier alpha value is -1.56. The lowest BCUT2D eigenvalue weighted by atomic mass is 9.95. The molecule has 112 valence electrons. The van der Waals surface area contributed by atoms with Crippen LogP contribution in [0.4, 0.5) is 13.2 Å². The van der Waals surface area contributed by atoms with Crippen LogP contribution in [0, 0.1) is 0 Å². The van der Waals surface area contributed by atoms with Crippen molar-refractivity contribution in [3.8, 4) is 0 Å². The van der Waals surface area contributed by atoms with Crippen molar-refractivity contribution in [1.82, 2.24) is 5.32 Å². The van der Waals surface area contributed by atoms with E-state index in [9.17, 15) is 18.0 Å². The summed E-state index contributed by atoms with van der Waals surface area (Å²) in [6.45, 7) is 3.82. The molecule has 1 rings (SSSR count). The summed E-state index contributed by atoms with van der Waals surface area (Å²) in [5, 5.41) is 2.69. The first-order valence-corrected chi connectivity index (χ1v) is 6.40. The summed E-state index contributed by atoms with van der Waals surface area (Å²) >= 11 is 0. The fraction of sp³-hybridized carbons (Fsp3) is 0.500. The van der Waals surface area contributed by atoms with Crippen LogP contribution in [0.25, 0.3) is 0 Å². The fourth-order valence-electron chi connectivity index (χ4n) is 1.81. The third-order valence-corrected chi connectivity index (χ3v) is 3.04. The molecule has 0 spiro atoms. The average molecular weight is 288 g/mol. The lowest BCUT2D eigenvalue weighted by molar-refractivity contribution is -0.137. The Morgan fingerprint density at radius 3 is 2.55 bits per heavy atom. The molecule has 0 aliphatic heterocycles. The molecule has 6 heteroatoms. The third kappa shape index (κ3) is 4.85. The normalized spacial score (nSPS) is 14.7. The van der Waals surface area contributed by atoms with Gasteiger partial charge in [-0.25, -0.2) is 0 Å². The van der Waals surface area contributed by atoms with E-state index in [1.807, 2.05) is 0 Å². The fourth-order valence-corrected chi connectivity index (χ4v) is 1.81. The van der Waals surface area contributed by atoms with Crippen molar-refractivity contribution in [2.45, 2.75) is 38.4 Å². The molecular formula is C14H19F3N2O. The highest BCUT2D eigenvalue weighted by Gasteiger charge is 2.30. The van der Waals surface area contributed by atoms with Gasteiger partial charge < -0.3 is 11.1 Å². The first-order valence-electron chi connectivity index (χ1n) is 6.40. The van der Waals surface area contributed by atoms with Crippen molar-refractivity contribution in [1.29, 1.82) is 0 Å². The first kappa shape index (κ1) is 16.5. The van der Waals surface area contributed by atoms with Gasteiger partial charge in [0.15, 0.2) is 0 Å². The molecule has 2 atom stereocenters. The van der Waals surface area contributed by atoms with E-state index in [-0.39, 0.29) is 24.3 Å². The maximum absolute atomic E-state index is 12.6. The summed E-state index contributed by atoms with van der Waals surface area (Å²) in [5.41, 5.74) is 5.19. The summed E-state index contributed by atoms with van der Waals surface area (Å²) in [6, 6.07) is 4.92. The molecule has 0 aromatic heterocycles. The van der Waals surface area contributed by atoms with Crippen LogP contribution in [0.3, 0.4) is 0 Å². The Kier molecular flexibility index (Phi) is 5.56. The number of nitrogens with two attached hydrogens (primary N) is 1. The maximum atomic E-state index is 12.6. The van der Waals surface area contributed by atoms with Crippen molar-refractivity contribution < 1.29 is 18.0 Å². The molecule has 0 fully saturated rings. The van der Waals surface area contributed by atoms with Gasteiger partial charge in [0.1, 0.15) is 0 Å². The van der Waals surface area contributed by atoms with Gasteiger partial charge in [-0.05, 0) is 24.5 Å². The molecule has 1 amide bonds. The van der Waals surface area contributed by atoms with Gasteiger partial charge in [0.05, 0.1) is 5.56 Å². The molecule has 0 heterocycles. The highest BCUT2D eigenvalue weighted by Crippen LogP contribution is 2.31. The van der Waals surface area contributed by atoms with Crippen molar-refractivity contribution >= 4 is 5.91 Å². The van der Waals surface area contributed by atoms with Gasteiger partial charge in [0, 0.05) is 19.0 Å². The molecule has 0 aliphatic carbocycles. The molecular weight excluding hydrogens is 269 g/mol. The lowest BCUT2D eigenvalue weighted by Crippen LogP contribution is -2.38. The van der Waals surface area contributed by atoms with Crippen molar-refractivity contribution in [2.75, 3.05) is 6.54 Å². The van der Waals surface area contributed by atoms with Gasteiger partial charge in [-0.15, -0.1) is 0 Å². The summed E-state index contributed by atoms with van der Waals surface area (Å²) in [7, 11) is 0. The molecule has 3 N–H and O–H groups in total. The summed E-state index contributed by atoms with van der Waals surface area (Å²) in [5.74, 6) is -0.505. The quantitative estimate of drug-likeness (QED) is 0.875. The highest BCUT2D eigenvalue weighted by molar-refractivity contribution is 5.77. The van der Waals surface area contributed by atoms with Gasteiger partial charge in [-0.1, -0.05) is 25.1 Å². The summed E-state index contributed by atoms with van der Waals surface area (Å²) in [6.07, 6.45) is -4.24. The molecule has 0 saturated heterocycles. The highest BCUT2D eigenvalue weighted by atomic mass is 19.4. The van der Waals surface area contributed by atoms with E-state index in [1.165, 1.54) is 6.07 Å². The van der Waals surface area contributed by atoms with Crippen LogP contribution < -0.4 is 11.1 Å². The zero-order chi connectivity index (χ0) is 15.3. The Labute approximate surface area is 116 Å². The maximum Gasteiger partial charge on any atom is 0.416 e. The van der Waals surface area contributed by atoms with Crippen LogP contribution in [0.5, 0.6) is 0 Å². The average Bonchev–Trinajstić information content (AvgIpc) is 2.37. The number of hydrogen-bond donors (Lipinski definition) is 2. The van der Waals surface area contributed by atoms with Crippen molar-refractivity contribution in [3.63, 3.8) is 0 Å². The van der Waals surface area contributed by atoms with Crippen LogP contribution in [0.1, 0.15) is 37.3 Å². The van der Waals surface area contributed by atoms with E-state index in [1.54, 1.807) is 19.9 Å². The summed E-state index contributed by atoms with van der Waals surface area (Å²) < 4.78 is 37.9. The molecule has 1 aromatic carbocycles. The minimum absolute atomic E-state index is 0.131. The molecule has 0 saturated carbocycles. The van der Waals surface area contributed by atoms with Gasteiger partial charge >= 0.3 is 6.18 Å². The Balaban J connectivity index is 2.73. The van der Waals surface area contributed by atoms with Gasteiger partial charge in [-0.3, -0.25) is 4.79 Å². The van der Waals surface area contributed by atoms with Crippen LogP contribution in [-0.4, -0.2) is 18.5 Å².